The van der Waals surface area contributed by atoms with E-state index in [-0.39, 0.29) is 23.6 Å². The molecule has 0 fully saturated rings. The van der Waals surface area contributed by atoms with Gasteiger partial charge in [0, 0.05) is 0 Å². The van der Waals surface area contributed by atoms with Crippen molar-refractivity contribution in [1.29, 1.82) is 0 Å². The number of hydrogen-bond acceptors (Lipinski definition) is 5. The fraction of sp³-hybridized carbons (Fsp3) is 0.176. The van der Waals surface area contributed by atoms with Crippen LogP contribution in [0.5, 0.6) is 11.5 Å². The van der Waals surface area contributed by atoms with Gasteiger partial charge in [0.2, 0.25) is 0 Å². The molecule has 0 saturated heterocycles. The summed E-state index contributed by atoms with van der Waals surface area (Å²) in [5, 5.41) is 12.3. The molecule has 0 heterocycles. The van der Waals surface area contributed by atoms with Crippen molar-refractivity contribution < 1.29 is 24.2 Å². The number of phenolic OH excluding ortho intramolecular Hbond substituents is 1. The molecular formula is C17H17NO5. The van der Waals surface area contributed by atoms with Gasteiger partial charge in [-0.1, -0.05) is 17.7 Å². The molecule has 0 atom stereocenters. The van der Waals surface area contributed by atoms with Gasteiger partial charge in [0.1, 0.15) is 11.5 Å². The van der Waals surface area contributed by atoms with Gasteiger partial charge < -0.3 is 19.9 Å². The van der Waals surface area contributed by atoms with E-state index in [1.807, 2.05) is 19.1 Å². The number of hydrogen-bond donors (Lipinski definition) is 2. The Morgan fingerprint density at radius 2 is 1.83 bits per heavy atom. The Morgan fingerprint density at radius 1 is 1.13 bits per heavy atom. The number of esters is 1. The van der Waals surface area contributed by atoms with E-state index in [0.717, 1.165) is 5.56 Å². The minimum Gasteiger partial charge on any atom is -0.506 e. The minimum atomic E-state index is -0.569. The van der Waals surface area contributed by atoms with Gasteiger partial charge in [0.05, 0.1) is 18.4 Å². The predicted molar refractivity (Wildman–Crippen MR) is 84.8 cm³/mol. The number of anilines is 1. The SMILES string of the molecule is COC(=O)c1ccc(NC(=O)COc2ccc(C)cc2)c(O)c1. The van der Waals surface area contributed by atoms with Gasteiger partial charge in [-0.25, -0.2) is 4.79 Å². The highest BCUT2D eigenvalue weighted by molar-refractivity contribution is 5.95. The van der Waals surface area contributed by atoms with Crippen molar-refractivity contribution in [1.82, 2.24) is 0 Å². The van der Waals surface area contributed by atoms with Crippen molar-refractivity contribution in [3.8, 4) is 11.5 Å². The van der Waals surface area contributed by atoms with Gasteiger partial charge in [0.15, 0.2) is 6.61 Å². The molecule has 0 aliphatic heterocycles. The van der Waals surface area contributed by atoms with Crippen molar-refractivity contribution in [3.05, 3.63) is 53.6 Å². The fourth-order valence-corrected chi connectivity index (χ4v) is 1.85. The normalized spacial score (nSPS) is 10.0. The molecule has 2 rings (SSSR count). The number of aryl methyl sites for hydroxylation is 1. The molecule has 0 spiro atoms. The van der Waals surface area contributed by atoms with E-state index in [9.17, 15) is 14.7 Å². The highest BCUT2D eigenvalue weighted by atomic mass is 16.5. The van der Waals surface area contributed by atoms with Crippen molar-refractivity contribution >= 4 is 17.6 Å². The van der Waals surface area contributed by atoms with Crippen LogP contribution in [0.1, 0.15) is 15.9 Å². The summed E-state index contributed by atoms with van der Waals surface area (Å²) < 4.78 is 9.90. The average molecular weight is 315 g/mol. The molecule has 6 nitrogen and oxygen atoms in total. The lowest BCUT2D eigenvalue weighted by atomic mass is 10.2. The van der Waals surface area contributed by atoms with Gasteiger partial charge in [-0.05, 0) is 37.3 Å². The maximum atomic E-state index is 11.8. The van der Waals surface area contributed by atoms with Crippen LogP contribution in [0.3, 0.4) is 0 Å². The number of carbonyl (C=O) groups excluding carboxylic acids is 2. The van der Waals surface area contributed by atoms with E-state index >= 15 is 0 Å². The Hall–Kier alpha value is -3.02. The van der Waals surface area contributed by atoms with E-state index in [1.54, 1.807) is 12.1 Å². The average Bonchev–Trinajstić information content (AvgIpc) is 2.55. The molecule has 2 aromatic carbocycles. The number of nitrogens with one attached hydrogen (secondary N) is 1. The van der Waals surface area contributed by atoms with Crippen molar-refractivity contribution in [2.75, 3.05) is 19.0 Å². The van der Waals surface area contributed by atoms with Gasteiger partial charge in [0.25, 0.3) is 5.91 Å². The third-order valence-corrected chi connectivity index (χ3v) is 3.08. The lowest BCUT2D eigenvalue weighted by Gasteiger charge is -2.10. The third kappa shape index (κ3) is 4.47. The molecular weight excluding hydrogens is 298 g/mol. The number of ether oxygens (including phenoxy) is 2. The molecule has 6 heteroatoms. The van der Waals surface area contributed by atoms with Crippen LogP contribution in [0, 0.1) is 6.92 Å². The van der Waals surface area contributed by atoms with E-state index in [0.29, 0.717) is 5.75 Å². The van der Waals surface area contributed by atoms with Crippen LogP contribution in [0.4, 0.5) is 5.69 Å². The first kappa shape index (κ1) is 16.4. The van der Waals surface area contributed by atoms with Gasteiger partial charge in [-0.3, -0.25) is 4.79 Å². The molecule has 0 radical (unpaired) electrons. The largest absolute Gasteiger partial charge is 0.506 e. The van der Waals surface area contributed by atoms with Crippen molar-refractivity contribution in [2.24, 2.45) is 0 Å². The number of phenols is 1. The van der Waals surface area contributed by atoms with Crippen LogP contribution in [0.15, 0.2) is 42.5 Å². The first-order valence-corrected chi connectivity index (χ1v) is 6.90. The lowest BCUT2D eigenvalue weighted by molar-refractivity contribution is -0.118. The first-order valence-electron chi connectivity index (χ1n) is 6.90. The zero-order valence-corrected chi connectivity index (χ0v) is 12.8. The van der Waals surface area contributed by atoms with Crippen LogP contribution in [-0.4, -0.2) is 30.7 Å². The Balaban J connectivity index is 1.94. The molecule has 23 heavy (non-hydrogen) atoms. The van der Waals surface area contributed by atoms with E-state index in [4.69, 9.17) is 4.74 Å². The molecule has 120 valence electrons. The van der Waals surface area contributed by atoms with Crippen molar-refractivity contribution in [3.63, 3.8) is 0 Å². The summed E-state index contributed by atoms with van der Waals surface area (Å²) >= 11 is 0. The molecule has 1 amide bonds. The van der Waals surface area contributed by atoms with Crippen LogP contribution in [-0.2, 0) is 9.53 Å². The van der Waals surface area contributed by atoms with Crippen LogP contribution in [0.25, 0.3) is 0 Å². The smallest absolute Gasteiger partial charge is 0.337 e. The third-order valence-electron chi connectivity index (χ3n) is 3.08. The van der Waals surface area contributed by atoms with Gasteiger partial charge in [-0.15, -0.1) is 0 Å². The number of carbonyl (C=O) groups is 2. The topological polar surface area (TPSA) is 84.9 Å². The highest BCUT2D eigenvalue weighted by Crippen LogP contribution is 2.24. The second-order valence-electron chi connectivity index (χ2n) is 4.87. The van der Waals surface area contributed by atoms with Gasteiger partial charge in [-0.2, -0.15) is 0 Å². The zero-order valence-electron chi connectivity index (χ0n) is 12.8. The van der Waals surface area contributed by atoms with Crippen LogP contribution < -0.4 is 10.1 Å². The highest BCUT2D eigenvalue weighted by Gasteiger charge is 2.11. The summed E-state index contributed by atoms with van der Waals surface area (Å²) in [5.41, 5.74) is 1.48. The number of rotatable bonds is 5. The molecule has 0 aliphatic rings. The second kappa shape index (κ2) is 7.31. The molecule has 0 bridgehead atoms. The Morgan fingerprint density at radius 3 is 2.43 bits per heavy atom. The van der Waals surface area contributed by atoms with Crippen molar-refractivity contribution in [2.45, 2.75) is 6.92 Å². The van der Waals surface area contributed by atoms with Crippen LogP contribution in [0.2, 0.25) is 0 Å². The fourth-order valence-electron chi connectivity index (χ4n) is 1.85. The summed E-state index contributed by atoms with van der Waals surface area (Å²) in [5.74, 6) is -0.639. The molecule has 2 N–H and O–H groups in total. The maximum absolute atomic E-state index is 11.8. The number of methoxy groups -OCH3 is 1. The Labute approximate surface area is 133 Å². The van der Waals surface area contributed by atoms with Gasteiger partial charge >= 0.3 is 5.97 Å². The first-order chi connectivity index (χ1) is 11.0. The number of amides is 1. The standard InChI is InChI=1S/C17H17NO5/c1-11-3-6-13(7-4-11)23-10-16(20)18-14-8-5-12(9-15(14)19)17(21)22-2/h3-9,19H,10H2,1-2H3,(H,18,20). The summed E-state index contributed by atoms with van der Waals surface area (Å²) in [6.07, 6.45) is 0. The summed E-state index contributed by atoms with van der Waals surface area (Å²) in [6.45, 7) is 1.76. The molecule has 0 aliphatic carbocycles. The maximum Gasteiger partial charge on any atom is 0.337 e. The second-order valence-corrected chi connectivity index (χ2v) is 4.87. The summed E-state index contributed by atoms with van der Waals surface area (Å²) in [4.78, 5) is 23.2. The van der Waals surface area contributed by atoms with Crippen LogP contribution >= 0.6 is 0 Å². The molecule has 0 aromatic heterocycles. The van der Waals surface area contributed by atoms with E-state index in [2.05, 4.69) is 10.1 Å². The number of benzene rings is 2. The molecule has 2 aromatic rings. The summed E-state index contributed by atoms with van der Waals surface area (Å²) in [6, 6.07) is 11.4. The minimum absolute atomic E-state index is 0.190. The van der Waals surface area contributed by atoms with E-state index in [1.165, 1.54) is 25.3 Å². The predicted octanol–water partition coefficient (Wildman–Crippen LogP) is 2.50. The Bertz CT molecular complexity index is 709. The molecule has 0 unspecified atom stereocenters. The molecule has 0 saturated carbocycles. The lowest BCUT2D eigenvalue weighted by Crippen LogP contribution is -2.20. The zero-order chi connectivity index (χ0) is 16.8. The quantitative estimate of drug-likeness (QED) is 0.654. The monoisotopic (exact) mass is 315 g/mol. The summed E-state index contributed by atoms with van der Waals surface area (Å²) in [7, 11) is 1.25. The van der Waals surface area contributed by atoms with E-state index < -0.39 is 11.9 Å². The Kier molecular flexibility index (Phi) is 5.19. The number of aromatic hydroxyl groups is 1.